The zero-order valence-electron chi connectivity index (χ0n) is 12.0. The molecule has 2 rings (SSSR count). The van der Waals surface area contributed by atoms with Gasteiger partial charge in [0.05, 0.1) is 17.1 Å². The average molecular weight is 282 g/mol. The molecule has 0 amide bonds. The molecule has 20 heavy (non-hydrogen) atoms. The fraction of sp³-hybridized carbons (Fsp3) is 0.769. The standard InChI is InChI=1S/C13H22N4O3/c1-3-8-16-13(12(17(19)20)9(2)15-16)14-10-6-4-5-7-11(10)18/h10-11,14,18H,3-8H2,1-2H3. The minimum Gasteiger partial charge on any atom is -0.391 e. The summed E-state index contributed by atoms with van der Waals surface area (Å²) >= 11 is 0. The van der Waals surface area contributed by atoms with E-state index in [9.17, 15) is 15.2 Å². The van der Waals surface area contributed by atoms with E-state index in [1.54, 1.807) is 11.6 Å². The topological polar surface area (TPSA) is 93.2 Å². The summed E-state index contributed by atoms with van der Waals surface area (Å²) in [5.41, 5.74) is 0.437. The third kappa shape index (κ3) is 2.92. The van der Waals surface area contributed by atoms with Crippen LogP contribution in [0.15, 0.2) is 0 Å². The summed E-state index contributed by atoms with van der Waals surface area (Å²) < 4.78 is 1.65. The second kappa shape index (κ2) is 6.21. The van der Waals surface area contributed by atoms with Gasteiger partial charge in [-0.2, -0.15) is 5.10 Å². The van der Waals surface area contributed by atoms with Gasteiger partial charge in [0.15, 0.2) is 0 Å². The Kier molecular flexibility index (Phi) is 4.59. The first-order valence-corrected chi connectivity index (χ1v) is 7.21. The van der Waals surface area contributed by atoms with Crippen LogP contribution in [0.5, 0.6) is 0 Å². The molecule has 2 unspecified atom stereocenters. The molecule has 1 aliphatic rings. The van der Waals surface area contributed by atoms with Gasteiger partial charge in [0, 0.05) is 6.54 Å². The van der Waals surface area contributed by atoms with Crippen molar-refractivity contribution >= 4 is 11.5 Å². The van der Waals surface area contributed by atoms with Crippen LogP contribution < -0.4 is 5.32 Å². The van der Waals surface area contributed by atoms with Gasteiger partial charge in [0.1, 0.15) is 5.69 Å². The normalized spacial score (nSPS) is 22.8. The van der Waals surface area contributed by atoms with E-state index >= 15 is 0 Å². The van der Waals surface area contributed by atoms with E-state index in [2.05, 4.69) is 10.4 Å². The summed E-state index contributed by atoms with van der Waals surface area (Å²) in [6, 6.07) is -0.130. The molecule has 1 aromatic heterocycles. The van der Waals surface area contributed by atoms with Gasteiger partial charge in [-0.3, -0.25) is 10.1 Å². The van der Waals surface area contributed by atoms with Crippen LogP contribution in [-0.4, -0.2) is 32.0 Å². The number of nitro groups is 1. The Morgan fingerprint density at radius 2 is 2.20 bits per heavy atom. The number of rotatable bonds is 5. The summed E-state index contributed by atoms with van der Waals surface area (Å²) in [5, 5.41) is 28.7. The molecule has 2 N–H and O–H groups in total. The number of hydrogen-bond donors (Lipinski definition) is 2. The number of anilines is 1. The summed E-state index contributed by atoms with van der Waals surface area (Å²) in [5.74, 6) is 0.431. The third-order valence-electron chi connectivity index (χ3n) is 3.77. The van der Waals surface area contributed by atoms with Crippen molar-refractivity contribution in [3.05, 3.63) is 15.8 Å². The van der Waals surface area contributed by atoms with E-state index in [1.165, 1.54) is 0 Å². The molecule has 1 saturated carbocycles. The van der Waals surface area contributed by atoms with Crippen LogP contribution >= 0.6 is 0 Å². The van der Waals surface area contributed by atoms with Gasteiger partial charge >= 0.3 is 5.69 Å². The lowest BCUT2D eigenvalue weighted by Gasteiger charge is -2.28. The molecule has 7 nitrogen and oxygen atoms in total. The second-order valence-electron chi connectivity index (χ2n) is 5.37. The van der Waals surface area contributed by atoms with Crippen LogP contribution in [-0.2, 0) is 6.54 Å². The molecule has 0 radical (unpaired) electrons. The van der Waals surface area contributed by atoms with Crippen molar-refractivity contribution in [2.45, 2.75) is 64.6 Å². The van der Waals surface area contributed by atoms with Crippen LogP contribution in [0.25, 0.3) is 0 Å². The molecule has 7 heteroatoms. The van der Waals surface area contributed by atoms with Crippen molar-refractivity contribution in [2.75, 3.05) is 5.32 Å². The number of aliphatic hydroxyl groups is 1. The van der Waals surface area contributed by atoms with Crippen LogP contribution in [0, 0.1) is 17.0 Å². The van der Waals surface area contributed by atoms with Crippen LogP contribution in [0.1, 0.15) is 44.7 Å². The molecule has 1 aromatic rings. The van der Waals surface area contributed by atoms with Gasteiger partial charge in [-0.25, -0.2) is 4.68 Å². The van der Waals surface area contributed by atoms with E-state index in [0.29, 0.717) is 18.1 Å². The van der Waals surface area contributed by atoms with E-state index in [0.717, 1.165) is 32.1 Å². The predicted octanol–water partition coefficient (Wildman–Crippen LogP) is 2.23. The lowest BCUT2D eigenvalue weighted by atomic mass is 9.92. The number of aryl methyl sites for hydroxylation is 2. The smallest absolute Gasteiger partial charge is 0.333 e. The van der Waals surface area contributed by atoms with E-state index < -0.39 is 11.0 Å². The Morgan fingerprint density at radius 1 is 1.50 bits per heavy atom. The van der Waals surface area contributed by atoms with Gasteiger partial charge < -0.3 is 10.4 Å². The number of aliphatic hydroxyl groups excluding tert-OH is 1. The number of nitrogens with zero attached hydrogens (tertiary/aromatic N) is 3. The maximum absolute atomic E-state index is 11.2. The first kappa shape index (κ1) is 14.8. The lowest BCUT2D eigenvalue weighted by Crippen LogP contribution is -2.37. The van der Waals surface area contributed by atoms with Crippen molar-refractivity contribution in [2.24, 2.45) is 0 Å². The zero-order valence-corrected chi connectivity index (χ0v) is 12.0. The second-order valence-corrected chi connectivity index (χ2v) is 5.37. The van der Waals surface area contributed by atoms with Crippen molar-refractivity contribution in [3.63, 3.8) is 0 Å². The summed E-state index contributed by atoms with van der Waals surface area (Å²) in [6.45, 7) is 4.27. The highest BCUT2D eigenvalue weighted by molar-refractivity contribution is 5.60. The molecule has 0 aliphatic heterocycles. The monoisotopic (exact) mass is 282 g/mol. The van der Waals surface area contributed by atoms with Gasteiger partial charge in [-0.1, -0.05) is 19.8 Å². The molecule has 0 saturated heterocycles. The van der Waals surface area contributed by atoms with Crippen molar-refractivity contribution in [1.82, 2.24) is 9.78 Å². The van der Waals surface area contributed by atoms with Crippen LogP contribution in [0.3, 0.4) is 0 Å². The first-order chi connectivity index (χ1) is 9.54. The molecule has 1 fully saturated rings. The Bertz CT molecular complexity index is 486. The highest BCUT2D eigenvalue weighted by atomic mass is 16.6. The highest BCUT2D eigenvalue weighted by Crippen LogP contribution is 2.31. The number of hydrogen-bond acceptors (Lipinski definition) is 5. The molecule has 2 atom stereocenters. The van der Waals surface area contributed by atoms with Gasteiger partial charge in [-0.05, 0) is 26.2 Å². The Labute approximate surface area is 118 Å². The fourth-order valence-electron chi connectivity index (χ4n) is 2.76. The minimum absolute atomic E-state index is 0.0243. The van der Waals surface area contributed by atoms with Crippen molar-refractivity contribution in [1.29, 1.82) is 0 Å². The van der Waals surface area contributed by atoms with Gasteiger partial charge in [0.25, 0.3) is 0 Å². The van der Waals surface area contributed by atoms with Crippen molar-refractivity contribution < 1.29 is 10.0 Å². The molecule has 0 bridgehead atoms. The molecular formula is C13H22N4O3. The summed E-state index contributed by atoms with van der Waals surface area (Å²) in [6.07, 6.45) is 4.01. The Balaban J connectivity index is 2.29. The highest BCUT2D eigenvalue weighted by Gasteiger charge is 2.30. The van der Waals surface area contributed by atoms with E-state index in [4.69, 9.17) is 0 Å². The summed E-state index contributed by atoms with van der Waals surface area (Å²) in [7, 11) is 0. The van der Waals surface area contributed by atoms with Crippen LogP contribution in [0.4, 0.5) is 11.5 Å². The molecule has 1 heterocycles. The van der Waals surface area contributed by atoms with E-state index in [1.807, 2.05) is 6.92 Å². The Morgan fingerprint density at radius 3 is 2.80 bits per heavy atom. The first-order valence-electron chi connectivity index (χ1n) is 7.21. The number of aromatic nitrogens is 2. The SMILES string of the molecule is CCCn1nc(C)c([N+](=O)[O-])c1NC1CCCCC1O. The maximum atomic E-state index is 11.2. The molecule has 0 spiro atoms. The van der Waals surface area contributed by atoms with Crippen LogP contribution in [0.2, 0.25) is 0 Å². The van der Waals surface area contributed by atoms with Crippen molar-refractivity contribution in [3.8, 4) is 0 Å². The quantitative estimate of drug-likeness (QED) is 0.638. The average Bonchev–Trinajstić information content (AvgIpc) is 2.69. The van der Waals surface area contributed by atoms with Gasteiger partial charge in [-0.15, -0.1) is 0 Å². The third-order valence-corrected chi connectivity index (χ3v) is 3.77. The predicted molar refractivity (Wildman–Crippen MR) is 75.8 cm³/mol. The molecular weight excluding hydrogens is 260 g/mol. The lowest BCUT2D eigenvalue weighted by molar-refractivity contribution is -0.384. The Hall–Kier alpha value is -1.63. The zero-order chi connectivity index (χ0) is 14.7. The number of nitrogens with one attached hydrogen (secondary N) is 1. The van der Waals surface area contributed by atoms with Gasteiger partial charge in [0.2, 0.25) is 5.82 Å². The molecule has 112 valence electrons. The molecule has 0 aromatic carbocycles. The van der Waals surface area contributed by atoms with E-state index in [-0.39, 0.29) is 11.7 Å². The fourth-order valence-corrected chi connectivity index (χ4v) is 2.76. The largest absolute Gasteiger partial charge is 0.391 e. The summed E-state index contributed by atoms with van der Waals surface area (Å²) in [4.78, 5) is 10.8. The minimum atomic E-state index is -0.450. The maximum Gasteiger partial charge on any atom is 0.333 e. The molecule has 1 aliphatic carbocycles.